The molecule has 5 nitrogen and oxygen atoms in total. The van der Waals surface area contributed by atoms with Gasteiger partial charge in [0.15, 0.2) is 5.76 Å². The zero-order chi connectivity index (χ0) is 14.7. The average Bonchev–Trinajstić information content (AvgIpc) is 3.18. The van der Waals surface area contributed by atoms with Crippen LogP contribution in [-0.2, 0) is 6.54 Å². The Morgan fingerprint density at radius 3 is 2.52 bits per heavy atom. The molecule has 0 saturated carbocycles. The first-order valence-electron chi connectivity index (χ1n) is 8.06. The van der Waals surface area contributed by atoms with Gasteiger partial charge in [0.2, 0.25) is 0 Å². The Labute approximate surface area is 126 Å². The van der Waals surface area contributed by atoms with Gasteiger partial charge < -0.3 is 20.0 Å². The topological polar surface area (TPSA) is 62.7 Å². The molecular weight excluding hydrogens is 266 g/mol. The second kappa shape index (κ2) is 6.62. The predicted octanol–water partition coefficient (Wildman–Crippen LogP) is 1.69. The largest absolute Gasteiger partial charge is 0.455 e. The van der Waals surface area contributed by atoms with Gasteiger partial charge in [-0.3, -0.25) is 4.79 Å². The van der Waals surface area contributed by atoms with Crippen LogP contribution in [0, 0.1) is 5.92 Å². The fourth-order valence-corrected chi connectivity index (χ4v) is 3.41. The number of carbonyl (C=O) groups excluding carboxylic acids is 1. The zero-order valence-corrected chi connectivity index (χ0v) is 12.6. The van der Waals surface area contributed by atoms with Crippen molar-refractivity contribution in [2.45, 2.75) is 32.2 Å². The van der Waals surface area contributed by atoms with Crippen LogP contribution in [0.3, 0.4) is 0 Å². The lowest BCUT2D eigenvalue weighted by atomic mass is 9.96. The molecule has 5 heteroatoms. The van der Waals surface area contributed by atoms with Gasteiger partial charge in [-0.2, -0.15) is 0 Å². The number of furan rings is 1. The number of hydrogen-bond donors (Lipinski definition) is 1. The standard InChI is InChI=1S/C16H25N3O2/c17-11-14-3-4-15(21-14)16(20)19-9-5-13(6-10-19)12-18-7-1-2-8-18/h3-4,13H,1-2,5-12,17H2. The third-order valence-corrected chi connectivity index (χ3v) is 4.69. The van der Waals surface area contributed by atoms with Gasteiger partial charge >= 0.3 is 0 Å². The smallest absolute Gasteiger partial charge is 0.289 e. The van der Waals surface area contributed by atoms with Crippen molar-refractivity contribution in [3.8, 4) is 0 Å². The molecule has 3 rings (SSSR count). The normalized spacial score (nSPS) is 21.1. The molecule has 2 aliphatic rings. The van der Waals surface area contributed by atoms with E-state index in [1.165, 1.54) is 32.5 Å². The summed E-state index contributed by atoms with van der Waals surface area (Å²) in [5.74, 6) is 1.84. The summed E-state index contributed by atoms with van der Waals surface area (Å²) >= 11 is 0. The van der Waals surface area contributed by atoms with Crippen LogP contribution >= 0.6 is 0 Å². The van der Waals surface area contributed by atoms with Gasteiger partial charge in [-0.15, -0.1) is 0 Å². The van der Waals surface area contributed by atoms with E-state index in [1.807, 2.05) is 4.90 Å². The highest BCUT2D eigenvalue weighted by Crippen LogP contribution is 2.22. The first-order chi connectivity index (χ1) is 10.3. The molecule has 116 valence electrons. The van der Waals surface area contributed by atoms with E-state index in [-0.39, 0.29) is 5.91 Å². The molecule has 2 aliphatic heterocycles. The maximum absolute atomic E-state index is 12.4. The van der Waals surface area contributed by atoms with E-state index < -0.39 is 0 Å². The third kappa shape index (κ3) is 3.47. The van der Waals surface area contributed by atoms with Crippen molar-refractivity contribution in [2.24, 2.45) is 11.7 Å². The number of hydrogen-bond acceptors (Lipinski definition) is 4. The Hall–Kier alpha value is -1.33. The number of rotatable bonds is 4. The fourth-order valence-electron chi connectivity index (χ4n) is 3.41. The van der Waals surface area contributed by atoms with Crippen molar-refractivity contribution in [1.29, 1.82) is 0 Å². The Balaban J connectivity index is 1.49. The summed E-state index contributed by atoms with van der Waals surface area (Å²) in [6.07, 6.45) is 4.90. The molecule has 1 aromatic heterocycles. The van der Waals surface area contributed by atoms with E-state index >= 15 is 0 Å². The van der Waals surface area contributed by atoms with Crippen molar-refractivity contribution < 1.29 is 9.21 Å². The molecule has 0 bridgehead atoms. The van der Waals surface area contributed by atoms with E-state index in [9.17, 15) is 4.79 Å². The van der Waals surface area contributed by atoms with E-state index in [1.54, 1.807) is 12.1 Å². The number of nitrogens with two attached hydrogens (primary N) is 1. The van der Waals surface area contributed by atoms with Crippen LogP contribution in [0.15, 0.2) is 16.5 Å². The third-order valence-electron chi connectivity index (χ3n) is 4.69. The Kier molecular flexibility index (Phi) is 4.60. The number of likely N-dealkylation sites (tertiary alicyclic amines) is 2. The summed E-state index contributed by atoms with van der Waals surface area (Å²) in [6.45, 7) is 5.75. The Bertz CT molecular complexity index is 472. The van der Waals surface area contributed by atoms with Gasteiger partial charge in [0.1, 0.15) is 5.76 Å². The lowest BCUT2D eigenvalue weighted by Crippen LogP contribution is -2.41. The second-order valence-corrected chi connectivity index (χ2v) is 6.21. The SMILES string of the molecule is NCc1ccc(C(=O)N2CCC(CN3CCCC3)CC2)o1. The van der Waals surface area contributed by atoms with Crippen molar-refractivity contribution in [2.75, 3.05) is 32.7 Å². The van der Waals surface area contributed by atoms with Gasteiger partial charge in [-0.25, -0.2) is 0 Å². The van der Waals surface area contributed by atoms with E-state index in [4.69, 9.17) is 10.2 Å². The summed E-state index contributed by atoms with van der Waals surface area (Å²) in [5, 5.41) is 0. The van der Waals surface area contributed by atoms with Crippen molar-refractivity contribution in [1.82, 2.24) is 9.80 Å². The van der Waals surface area contributed by atoms with Crippen LogP contribution in [0.5, 0.6) is 0 Å². The van der Waals surface area contributed by atoms with E-state index in [0.717, 1.165) is 31.8 Å². The van der Waals surface area contributed by atoms with Gasteiger partial charge in [-0.1, -0.05) is 0 Å². The highest BCUT2D eigenvalue weighted by atomic mass is 16.4. The predicted molar refractivity (Wildman–Crippen MR) is 80.9 cm³/mol. The molecular formula is C16H25N3O2. The molecule has 0 aliphatic carbocycles. The zero-order valence-electron chi connectivity index (χ0n) is 12.6. The number of carbonyl (C=O) groups is 1. The summed E-state index contributed by atoms with van der Waals surface area (Å²) in [6, 6.07) is 3.52. The maximum Gasteiger partial charge on any atom is 0.289 e. The molecule has 0 aromatic carbocycles. The lowest BCUT2D eigenvalue weighted by Gasteiger charge is -2.33. The second-order valence-electron chi connectivity index (χ2n) is 6.21. The molecule has 1 aromatic rings. The lowest BCUT2D eigenvalue weighted by molar-refractivity contribution is 0.0639. The van der Waals surface area contributed by atoms with Gasteiger partial charge in [0, 0.05) is 19.6 Å². The van der Waals surface area contributed by atoms with Crippen LogP contribution < -0.4 is 5.73 Å². The van der Waals surface area contributed by atoms with Crippen LogP contribution in [0.25, 0.3) is 0 Å². The molecule has 0 spiro atoms. The van der Waals surface area contributed by atoms with Crippen molar-refractivity contribution >= 4 is 5.91 Å². The minimum atomic E-state index is 0.00863. The van der Waals surface area contributed by atoms with Crippen molar-refractivity contribution in [3.05, 3.63) is 23.7 Å². The fraction of sp³-hybridized carbons (Fsp3) is 0.688. The molecule has 2 fully saturated rings. The molecule has 2 N–H and O–H groups in total. The molecule has 21 heavy (non-hydrogen) atoms. The number of amides is 1. The van der Waals surface area contributed by atoms with Gasteiger partial charge in [0.25, 0.3) is 5.91 Å². The number of piperidine rings is 1. The summed E-state index contributed by atoms with van der Waals surface area (Å²) in [4.78, 5) is 16.8. The molecule has 3 heterocycles. The average molecular weight is 291 g/mol. The van der Waals surface area contributed by atoms with Crippen molar-refractivity contribution in [3.63, 3.8) is 0 Å². The molecule has 0 atom stereocenters. The number of nitrogens with zero attached hydrogens (tertiary/aromatic N) is 2. The summed E-state index contributed by atoms with van der Waals surface area (Å²) < 4.78 is 5.46. The Morgan fingerprint density at radius 2 is 1.90 bits per heavy atom. The minimum Gasteiger partial charge on any atom is -0.455 e. The first-order valence-corrected chi connectivity index (χ1v) is 8.06. The van der Waals surface area contributed by atoms with Crippen LogP contribution in [0.2, 0.25) is 0 Å². The minimum absolute atomic E-state index is 0.00863. The molecule has 0 unspecified atom stereocenters. The van der Waals surface area contributed by atoms with Crippen LogP contribution in [0.4, 0.5) is 0 Å². The van der Waals surface area contributed by atoms with Crippen LogP contribution in [0.1, 0.15) is 42.0 Å². The van der Waals surface area contributed by atoms with Crippen LogP contribution in [-0.4, -0.2) is 48.4 Å². The maximum atomic E-state index is 12.4. The first kappa shape index (κ1) is 14.6. The molecule has 0 radical (unpaired) electrons. The van der Waals surface area contributed by atoms with E-state index in [2.05, 4.69) is 4.90 Å². The highest BCUT2D eigenvalue weighted by molar-refractivity contribution is 5.91. The van der Waals surface area contributed by atoms with Gasteiger partial charge in [0.05, 0.1) is 6.54 Å². The molecule has 2 saturated heterocycles. The highest BCUT2D eigenvalue weighted by Gasteiger charge is 2.27. The summed E-state index contributed by atoms with van der Waals surface area (Å²) in [5.41, 5.74) is 5.51. The molecule has 1 amide bonds. The Morgan fingerprint density at radius 1 is 1.19 bits per heavy atom. The quantitative estimate of drug-likeness (QED) is 0.917. The summed E-state index contributed by atoms with van der Waals surface area (Å²) in [7, 11) is 0. The van der Waals surface area contributed by atoms with E-state index in [0.29, 0.717) is 18.1 Å². The van der Waals surface area contributed by atoms with Gasteiger partial charge in [-0.05, 0) is 56.8 Å². The monoisotopic (exact) mass is 291 g/mol.